The summed E-state index contributed by atoms with van der Waals surface area (Å²) in [4.78, 5) is 24.0. The zero-order valence-electron chi connectivity index (χ0n) is 11.9. The minimum absolute atomic E-state index is 0.215. The van der Waals surface area contributed by atoms with Crippen LogP contribution in [0.4, 0.5) is 8.78 Å². The highest BCUT2D eigenvalue weighted by Gasteiger charge is 2.58. The standard InChI is InChI=1S/C15H17F2NO3/c1-3-21-14(20)15(6-7-15)13(19)18-9(2)10-4-5-11(16)12(17)8-10/h4-5,8-9H,3,6-7H2,1-2H3,(H,18,19). The number of carbonyl (C=O) groups is 2. The van der Waals surface area contributed by atoms with Gasteiger partial charge < -0.3 is 10.1 Å². The molecular formula is C15H17F2NO3. The van der Waals surface area contributed by atoms with Crippen LogP contribution in [0, 0.1) is 17.0 Å². The molecule has 6 heteroatoms. The Balaban J connectivity index is 2.05. The lowest BCUT2D eigenvalue weighted by Gasteiger charge is -2.19. The van der Waals surface area contributed by atoms with Gasteiger partial charge in [-0.3, -0.25) is 9.59 Å². The van der Waals surface area contributed by atoms with Crippen molar-refractivity contribution in [2.24, 2.45) is 5.41 Å². The molecule has 1 aromatic carbocycles. The maximum atomic E-state index is 13.2. The van der Waals surface area contributed by atoms with Gasteiger partial charge in [0.15, 0.2) is 11.6 Å². The quantitative estimate of drug-likeness (QED) is 0.671. The fourth-order valence-electron chi connectivity index (χ4n) is 2.12. The number of esters is 1. The largest absolute Gasteiger partial charge is 0.465 e. The van der Waals surface area contributed by atoms with Gasteiger partial charge in [0.2, 0.25) is 5.91 Å². The van der Waals surface area contributed by atoms with E-state index >= 15 is 0 Å². The van der Waals surface area contributed by atoms with Gasteiger partial charge in [0, 0.05) is 0 Å². The zero-order chi connectivity index (χ0) is 15.6. The Morgan fingerprint density at radius 2 is 2.00 bits per heavy atom. The summed E-state index contributed by atoms with van der Waals surface area (Å²) in [6.07, 6.45) is 0.893. The van der Waals surface area contributed by atoms with Crippen LogP contribution in [0.3, 0.4) is 0 Å². The molecule has 114 valence electrons. The molecular weight excluding hydrogens is 280 g/mol. The maximum Gasteiger partial charge on any atom is 0.321 e. The van der Waals surface area contributed by atoms with E-state index in [2.05, 4.69) is 5.32 Å². The molecule has 0 radical (unpaired) electrons. The molecule has 1 N–H and O–H groups in total. The maximum absolute atomic E-state index is 13.2. The third kappa shape index (κ3) is 3.04. The Hall–Kier alpha value is -1.98. The Labute approximate surface area is 121 Å². The van der Waals surface area contributed by atoms with Gasteiger partial charge in [-0.2, -0.15) is 0 Å². The van der Waals surface area contributed by atoms with Crippen LogP contribution in [0.1, 0.15) is 38.3 Å². The SMILES string of the molecule is CCOC(=O)C1(C(=O)NC(C)c2ccc(F)c(F)c2)CC1. The summed E-state index contributed by atoms with van der Waals surface area (Å²) in [6, 6.07) is 2.91. The van der Waals surface area contributed by atoms with Crippen molar-refractivity contribution >= 4 is 11.9 Å². The third-order valence-electron chi connectivity index (χ3n) is 3.64. The van der Waals surface area contributed by atoms with Gasteiger partial charge in [-0.1, -0.05) is 6.07 Å². The van der Waals surface area contributed by atoms with Crippen LogP contribution in [0.5, 0.6) is 0 Å². The average molecular weight is 297 g/mol. The van der Waals surface area contributed by atoms with Crippen LogP contribution in [-0.2, 0) is 14.3 Å². The Morgan fingerprint density at radius 1 is 1.33 bits per heavy atom. The zero-order valence-corrected chi connectivity index (χ0v) is 11.9. The first-order valence-electron chi connectivity index (χ1n) is 6.84. The van der Waals surface area contributed by atoms with Crippen molar-refractivity contribution in [2.75, 3.05) is 6.61 Å². The Bertz CT molecular complexity index is 570. The molecule has 0 bridgehead atoms. The number of carbonyl (C=O) groups excluding carboxylic acids is 2. The lowest BCUT2D eigenvalue weighted by atomic mass is 10.0. The molecule has 0 heterocycles. The highest BCUT2D eigenvalue weighted by molar-refractivity contribution is 6.05. The van der Waals surface area contributed by atoms with E-state index in [1.807, 2.05) is 0 Å². The van der Waals surface area contributed by atoms with Crippen LogP contribution in [0.25, 0.3) is 0 Å². The fraction of sp³-hybridized carbons (Fsp3) is 0.467. The molecule has 1 atom stereocenters. The second-order valence-corrected chi connectivity index (χ2v) is 5.17. The molecule has 1 aromatic rings. The van der Waals surface area contributed by atoms with Crippen LogP contribution in [0.2, 0.25) is 0 Å². The summed E-state index contributed by atoms with van der Waals surface area (Å²) in [5, 5.41) is 2.66. The predicted molar refractivity (Wildman–Crippen MR) is 71.2 cm³/mol. The van der Waals surface area contributed by atoms with Crippen LogP contribution in [-0.4, -0.2) is 18.5 Å². The summed E-state index contributed by atoms with van der Waals surface area (Å²) in [5.41, 5.74) is -0.676. The third-order valence-corrected chi connectivity index (χ3v) is 3.64. The molecule has 0 spiro atoms. The number of hydrogen-bond acceptors (Lipinski definition) is 3. The van der Waals surface area contributed by atoms with E-state index in [-0.39, 0.29) is 6.61 Å². The van der Waals surface area contributed by atoms with Gasteiger partial charge in [0.1, 0.15) is 5.41 Å². The monoisotopic (exact) mass is 297 g/mol. The number of ether oxygens (including phenoxy) is 1. The van der Waals surface area contributed by atoms with Crippen molar-refractivity contribution in [1.29, 1.82) is 0 Å². The number of benzene rings is 1. The van der Waals surface area contributed by atoms with Crippen LogP contribution >= 0.6 is 0 Å². The number of amides is 1. The lowest BCUT2D eigenvalue weighted by Crippen LogP contribution is -2.39. The van der Waals surface area contributed by atoms with Gasteiger partial charge in [-0.05, 0) is 44.4 Å². The Kier molecular flexibility index (Phi) is 4.25. The molecule has 1 amide bonds. The van der Waals surface area contributed by atoms with Gasteiger partial charge in [0.05, 0.1) is 12.6 Å². The van der Waals surface area contributed by atoms with Crippen LogP contribution in [0.15, 0.2) is 18.2 Å². The minimum atomic E-state index is -1.11. The van der Waals surface area contributed by atoms with Crippen molar-refractivity contribution in [3.8, 4) is 0 Å². The normalized spacial score (nSPS) is 17.0. The topological polar surface area (TPSA) is 55.4 Å². The number of halogens is 2. The number of hydrogen-bond donors (Lipinski definition) is 1. The molecule has 1 aliphatic carbocycles. The van der Waals surface area contributed by atoms with E-state index in [1.54, 1.807) is 13.8 Å². The summed E-state index contributed by atoms with van der Waals surface area (Å²) < 4.78 is 31.0. The highest BCUT2D eigenvalue weighted by atomic mass is 19.2. The van der Waals surface area contributed by atoms with E-state index in [4.69, 9.17) is 4.74 Å². The second kappa shape index (κ2) is 5.79. The predicted octanol–water partition coefficient (Wildman–Crippen LogP) is 2.49. The molecule has 2 rings (SSSR count). The first kappa shape index (κ1) is 15.4. The first-order valence-corrected chi connectivity index (χ1v) is 6.84. The number of rotatable bonds is 5. The van der Waals surface area contributed by atoms with Crippen molar-refractivity contribution in [3.63, 3.8) is 0 Å². The summed E-state index contributed by atoms with van der Waals surface area (Å²) in [6.45, 7) is 3.54. The van der Waals surface area contributed by atoms with E-state index in [0.29, 0.717) is 18.4 Å². The van der Waals surface area contributed by atoms with Gasteiger partial charge in [-0.15, -0.1) is 0 Å². The van der Waals surface area contributed by atoms with Crippen molar-refractivity contribution in [3.05, 3.63) is 35.4 Å². The summed E-state index contributed by atoms with van der Waals surface area (Å²) in [5.74, 6) is -2.87. The fourth-order valence-corrected chi connectivity index (χ4v) is 2.12. The molecule has 1 unspecified atom stereocenters. The van der Waals surface area contributed by atoms with Crippen molar-refractivity contribution in [2.45, 2.75) is 32.7 Å². The van der Waals surface area contributed by atoms with Crippen molar-refractivity contribution in [1.82, 2.24) is 5.32 Å². The minimum Gasteiger partial charge on any atom is -0.465 e. The molecule has 4 nitrogen and oxygen atoms in total. The van der Waals surface area contributed by atoms with E-state index in [0.717, 1.165) is 12.1 Å². The van der Waals surface area contributed by atoms with Crippen LogP contribution < -0.4 is 5.32 Å². The Morgan fingerprint density at radius 3 is 2.52 bits per heavy atom. The second-order valence-electron chi connectivity index (χ2n) is 5.17. The lowest BCUT2D eigenvalue weighted by molar-refractivity contribution is -0.154. The molecule has 1 fully saturated rings. The van der Waals surface area contributed by atoms with E-state index < -0.39 is 35.0 Å². The molecule has 0 saturated heterocycles. The summed E-state index contributed by atoms with van der Waals surface area (Å²) in [7, 11) is 0. The average Bonchev–Trinajstić information content (AvgIpc) is 3.23. The smallest absolute Gasteiger partial charge is 0.321 e. The molecule has 1 aliphatic rings. The van der Waals surface area contributed by atoms with E-state index in [1.165, 1.54) is 6.07 Å². The first-order chi connectivity index (χ1) is 9.90. The highest BCUT2D eigenvalue weighted by Crippen LogP contribution is 2.47. The molecule has 0 aliphatic heterocycles. The summed E-state index contributed by atoms with van der Waals surface area (Å²) >= 11 is 0. The van der Waals surface area contributed by atoms with Crippen molar-refractivity contribution < 1.29 is 23.1 Å². The molecule has 21 heavy (non-hydrogen) atoms. The van der Waals surface area contributed by atoms with E-state index in [9.17, 15) is 18.4 Å². The molecule has 0 aromatic heterocycles. The molecule has 1 saturated carbocycles. The van der Waals surface area contributed by atoms with Gasteiger partial charge in [0.25, 0.3) is 0 Å². The van der Waals surface area contributed by atoms with Gasteiger partial charge in [-0.25, -0.2) is 8.78 Å². The van der Waals surface area contributed by atoms with Gasteiger partial charge >= 0.3 is 5.97 Å². The number of nitrogens with one attached hydrogen (secondary N) is 1.